The summed E-state index contributed by atoms with van der Waals surface area (Å²) in [7, 11) is 2.11. The lowest BCUT2D eigenvalue weighted by molar-refractivity contribution is 0.227. The predicted molar refractivity (Wildman–Crippen MR) is 62.0 cm³/mol. The predicted octanol–water partition coefficient (Wildman–Crippen LogP) is 2.33. The fraction of sp³-hybridized carbons (Fsp3) is 0.500. The Morgan fingerprint density at radius 3 is 2.60 bits per heavy atom. The second kappa shape index (κ2) is 4.52. The minimum Gasteiger partial charge on any atom is -0.396 e. The molecule has 0 radical (unpaired) electrons. The molecule has 2 rings (SSSR count). The number of hydrogen-bond donors (Lipinski definition) is 1. The largest absolute Gasteiger partial charge is 0.396 e. The van der Waals surface area contributed by atoms with Gasteiger partial charge in [-0.1, -0.05) is 23.7 Å². The first-order valence-corrected chi connectivity index (χ1v) is 5.65. The fourth-order valence-electron chi connectivity index (χ4n) is 2.31. The van der Waals surface area contributed by atoms with E-state index in [1.54, 1.807) is 0 Å². The van der Waals surface area contributed by atoms with E-state index in [2.05, 4.69) is 24.1 Å². The van der Waals surface area contributed by atoms with Crippen LogP contribution in [0.3, 0.4) is 0 Å². The van der Waals surface area contributed by atoms with Gasteiger partial charge in [-0.05, 0) is 37.1 Å². The monoisotopic (exact) mass is 225 g/mol. The van der Waals surface area contributed by atoms with Gasteiger partial charge in [0.15, 0.2) is 0 Å². The van der Waals surface area contributed by atoms with E-state index in [-0.39, 0.29) is 6.61 Å². The molecule has 0 bridgehead atoms. The van der Waals surface area contributed by atoms with Gasteiger partial charge in [-0.25, -0.2) is 0 Å². The normalized spacial score (nSPS) is 27.1. The highest BCUT2D eigenvalue weighted by Crippen LogP contribution is 2.34. The summed E-state index contributed by atoms with van der Waals surface area (Å²) in [5.41, 5.74) is 1.29. The van der Waals surface area contributed by atoms with Gasteiger partial charge in [0, 0.05) is 24.2 Å². The summed E-state index contributed by atoms with van der Waals surface area (Å²) in [6.45, 7) is 1.26. The minimum atomic E-state index is 0.286. The van der Waals surface area contributed by atoms with E-state index in [4.69, 9.17) is 16.7 Å². The minimum absolute atomic E-state index is 0.286. The standard InChI is InChI=1S/C12H16ClNO/c1-14-7-9(8-15)6-12(14)10-2-4-11(13)5-3-10/h2-5,9,12,15H,6-8H2,1H3/t9-,12+/m0/s1. The Hall–Kier alpha value is -0.570. The maximum atomic E-state index is 9.14. The molecule has 0 saturated carbocycles. The first-order chi connectivity index (χ1) is 7.20. The lowest BCUT2D eigenvalue weighted by Crippen LogP contribution is -2.18. The number of hydrogen-bond acceptors (Lipinski definition) is 2. The molecular weight excluding hydrogens is 210 g/mol. The van der Waals surface area contributed by atoms with Gasteiger partial charge in [-0.3, -0.25) is 4.90 Å². The molecule has 0 amide bonds. The molecule has 1 aliphatic rings. The zero-order chi connectivity index (χ0) is 10.8. The quantitative estimate of drug-likeness (QED) is 0.835. The number of aliphatic hydroxyl groups is 1. The molecule has 2 atom stereocenters. The average Bonchev–Trinajstić information content (AvgIpc) is 2.61. The molecule has 1 aliphatic heterocycles. The van der Waals surface area contributed by atoms with Crippen LogP contribution in [0.25, 0.3) is 0 Å². The van der Waals surface area contributed by atoms with Crippen molar-refractivity contribution in [1.82, 2.24) is 4.90 Å². The molecule has 82 valence electrons. The van der Waals surface area contributed by atoms with Crippen molar-refractivity contribution < 1.29 is 5.11 Å². The second-order valence-electron chi connectivity index (χ2n) is 4.29. The van der Waals surface area contributed by atoms with Crippen LogP contribution >= 0.6 is 11.6 Å². The zero-order valence-electron chi connectivity index (χ0n) is 8.86. The Labute approximate surface area is 95.5 Å². The lowest BCUT2D eigenvalue weighted by Gasteiger charge is -2.19. The van der Waals surface area contributed by atoms with Crippen LogP contribution in [0, 0.1) is 5.92 Å². The van der Waals surface area contributed by atoms with Gasteiger partial charge < -0.3 is 5.11 Å². The third kappa shape index (κ3) is 2.33. The topological polar surface area (TPSA) is 23.5 Å². The first-order valence-electron chi connectivity index (χ1n) is 5.27. The number of rotatable bonds is 2. The van der Waals surface area contributed by atoms with Crippen molar-refractivity contribution >= 4 is 11.6 Å². The maximum Gasteiger partial charge on any atom is 0.0472 e. The number of likely N-dealkylation sites (tertiary alicyclic amines) is 1. The van der Waals surface area contributed by atoms with Gasteiger partial charge in [-0.2, -0.15) is 0 Å². The van der Waals surface area contributed by atoms with Gasteiger partial charge in [0.2, 0.25) is 0 Å². The third-order valence-electron chi connectivity index (χ3n) is 3.15. The van der Waals surface area contributed by atoms with Crippen molar-refractivity contribution in [2.24, 2.45) is 5.92 Å². The number of nitrogens with zero attached hydrogens (tertiary/aromatic N) is 1. The Morgan fingerprint density at radius 1 is 1.40 bits per heavy atom. The molecule has 1 aromatic carbocycles. The second-order valence-corrected chi connectivity index (χ2v) is 4.73. The first kappa shape index (κ1) is 10.9. The van der Waals surface area contributed by atoms with Crippen molar-refractivity contribution in [3.05, 3.63) is 34.9 Å². The zero-order valence-corrected chi connectivity index (χ0v) is 9.61. The Kier molecular flexibility index (Phi) is 3.29. The molecular formula is C12H16ClNO. The van der Waals surface area contributed by atoms with E-state index in [0.717, 1.165) is 18.0 Å². The Balaban J connectivity index is 2.14. The van der Waals surface area contributed by atoms with Crippen LogP contribution in [0.2, 0.25) is 5.02 Å². The number of benzene rings is 1. The van der Waals surface area contributed by atoms with Crippen LogP contribution in [0.4, 0.5) is 0 Å². The molecule has 0 unspecified atom stereocenters. The molecule has 1 heterocycles. The molecule has 2 nitrogen and oxygen atoms in total. The summed E-state index contributed by atoms with van der Waals surface area (Å²) in [6, 6.07) is 8.43. The fourth-order valence-corrected chi connectivity index (χ4v) is 2.44. The third-order valence-corrected chi connectivity index (χ3v) is 3.40. The van der Waals surface area contributed by atoms with Crippen LogP contribution in [0.15, 0.2) is 24.3 Å². The molecule has 3 heteroatoms. The molecule has 0 aromatic heterocycles. The number of halogens is 1. The van der Waals surface area contributed by atoms with E-state index >= 15 is 0 Å². The van der Waals surface area contributed by atoms with E-state index < -0.39 is 0 Å². The summed E-state index contributed by atoms with van der Waals surface area (Å²) in [5, 5.41) is 9.92. The summed E-state index contributed by atoms with van der Waals surface area (Å²) in [4.78, 5) is 2.30. The molecule has 1 N–H and O–H groups in total. The molecule has 1 aromatic rings. The molecule has 0 spiro atoms. The van der Waals surface area contributed by atoms with Crippen LogP contribution in [0.5, 0.6) is 0 Å². The smallest absolute Gasteiger partial charge is 0.0472 e. The van der Waals surface area contributed by atoms with E-state index in [0.29, 0.717) is 12.0 Å². The summed E-state index contributed by atoms with van der Waals surface area (Å²) < 4.78 is 0. The van der Waals surface area contributed by atoms with Crippen molar-refractivity contribution in [1.29, 1.82) is 0 Å². The van der Waals surface area contributed by atoms with Gasteiger partial charge in [0.1, 0.15) is 0 Å². The van der Waals surface area contributed by atoms with Gasteiger partial charge in [0.05, 0.1) is 0 Å². The lowest BCUT2D eigenvalue weighted by atomic mass is 10.0. The van der Waals surface area contributed by atoms with Crippen LogP contribution in [-0.4, -0.2) is 30.2 Å². The van der Waals surface area contributed by atoms with Gasteiger partial charge in [-0.15, -0.1) is 0 Å². The maximum absolute atomic E-state index is 9.14. The molecule has 1 saturated heterocycles. The Bertz CT molecular complexity index is 325. The van der Waals surface area contributed by atoms with Crippen molar-refractivity contribution in [2.45, 2.75) is 12.5 Å². The van der Waals surface area contributed by atoms with E-state index in [9.17, 15) is 0 Å². The van der Waals surface area contributed by atoms with E-state index in [1.807, 2.05) is 12.1 Å². The highest BCUT2D eigenvalue weighted by Gasteiger charge is 2.29. The molecule has 1 fully saturated rings. The van der Waals surface area contributed by atoms with Gasteiger partial charge in [0.25, 0.3) is 0 Å². The van der Waals surface area contributed by atoms with Crippen molar-refractivity contribution in [3.63, 3.8) is 0 Å². The highest BCUT2D eigenvalue weighted by molar-refractivity contribution is 6.30. The summed E-state index contributed by atoms with van der Waals surface area (Å²) >= 11 is 5.86. The number of aliphatic hydroxyl groups excluding tert-OH is 1. The van der Waals surface area contributed by atoms with Crippen LogP contribution in [0.1, 0.15) is 18.0 Å². The molecule has 0 aliphatic carbocycles. The summed E-state index contributed by atoms with van der Waals surface area (Å²) in [5.74, 6) is 0.413. The average molecular weight is 226 g/mol. The van der Waals surface area contributed by atoms with Crippen molar-refractivity contribution in [2.75, 3.05) is 20.2 Å². The highest BCUT2D eigenvalue weighted by atomic mass is 35.5. The van der Waals surface area contributed by atoms with Crippen LogP contribution in [-0.2, 0) is 0 Å². The van der Waals surface area contributed by atoms with E-state index in [1.165, 1.54) is 5.56 Å². The Morgan fingerprint density at radius 2 is 2.07 bits per heavy atom. The van der Waals surface area contributed by atoms with Gasteiger partial charge >= 0.3 is 0 Å². The molecule has 15 heavy (non-hydrogen) atoms. The summed E-state index contributed by atoms with van der Waals surface area (Å²) in [6.07, 6.45) is 1.04. The SMILES string of the molecule is CN1C[C@@H](CO)C[C@@H]1c1ccc(Cl)cc1. The van der Waals surface area contributed by atoms with Crippen LogP contribution < -0.4 is 0 Å². The van der Waals surface area contributed by atoms with Crippen molar-refractivity contribution in [3.8, 4) is 0 Å².